The Balaban J connectivity index is 1.30. The van der Waals surface area contributed by atoms with Crippen LogP contribution in [0.1, 0.15) is 51.4 Å². The molecule has 4 aliphatic carbocycles. The molecule has 1 atom stereocenters. The van der Waals surface area contributed by atoms with Gasteiger partial charge in [-0.2, -0.15) is 0 Å². The highest BCUT2D eigenvalue weighted by molar-refractivity contribution is 5.01. The summed E-state index contributed by atoms with van der Waals surface area (Å²) in [6.07, 6.45) is 11.8. The quantitative estimate of drug-likeness (QED) is 0.841. The molecule has 1 heterocycles. The van der Waals surface area contributed by atoms with Crippen LogP contribution >= 0.6 is 0 Å². The van der Waals surface area contributed by atoms with Crippen LogP contribution in [0, 0.1) is 29.1 Å². The van der Waals surface area contributed by atoms with E-state index in [0.29, 0.717) is 5.41 Å². The number of ether oxygens (including phenoxy) is 1. The van der Waals surface area contributed by atoms with Crippen LogP contribution < -0.4 is 5.32 Å². The van der Waals surface area contributed by atoms with Crippen LogP contribution in [0.3, 0.4) is 0 Å². The number of rotatable bonds is 4. The van der Waals surface area contributed by atoms with Crippen molar-refractivity contribution < 1.29 is 4.74 Å². The molecule has 108 valence electrons. The number of hydrogen-bond acceptors (Lipinski definition) is 2. The first-order valence-electron chi connectivity index (χ1n) is 8.60. The second kappa shape index (κ2) is 5.04. The lowest BCUT2D eigenvalue weighted by Crippen LogP contribution is -2.48. The Bertz CT molecular complexity index is 286. The minimum Gasteiger partial charge on any atom is -0.381 e. The molecular weight excluding hydrogens is 234 g/mol. The van der Waals surface area contributed by atoms with Crippen LogP contribution in [-0.4, -0.2) is 26.3 Å². The van der Waals surface area contributed by atoms with Crippen molar-refractivity contribution in [2.45, 2.75) is 51.4 Å². The fraction of sp³-hybridized carbons (Fsp3) is 1.00. The van der Waals surface area contributed by atoms with Crippen LogP contribution in [0.25, 0.3) is 0 Å². The standard InChI is InChI=1S/C17H29NO/c1-2-13(10-18-3-1)11-19-12-17-7-14-4-15(8-17)6-16(5-14)9-17/h13-16,18H,1-12H2. The zero-order chi connectivity index (χ0) is 12.7. The third-order valence-corrected chi connectivity index (χ3v) is 6.33. The van der Waals surface area contributed by atoms with Gasteiger partial charge in [0, 0.05) is 6.54 Å². The Morgan fingerprint density at radius 1 is 1.00 bits per heavy atom. The van der Waals surface area contributed by atoms with E-state index in [0.717, 1.165) is 36.9 Å². The molecule has 0 radical (unpaired) electrons. The van der Waals surface area contributed by atoms with E-state index in [1.165, 1.54) is 45.2 Å². The van der Waals surface area contributed by atoms with Crippen molar-refractivity contribution >= 4 is 0 Å². The van der Waals surface area contributed by atoms with Crippen molar-refractivity contribution in [1.82, 2.24) is 5.32 Å². The van der Waals surface area contributed by atoms with E-state index < -0.39 is 0 Å². The van der Waals surface area contributed by atoms with Crippen LogP contribution in [0.2, 0.25) is 0 Å². The number of piperidine rings is 1. The minimum absolute atomic E-state index is 0.608. The number of hydrogen-bond donors (Lipinski definition) is 1. The summed E-state index contributed by atoms with van der Waals surface area (Å²) < 4.78 is 6.22. The van der Waals surface area contributed by atoms with E-state index in [4.69, 9.17) is 4.74 Å². The maximum atomic E-state index is 6.22. The molecular formula is C17H29NO. The van der Waals surface area contributed by atoms with Gasteiger partial charge in [-0.15, -0.1) is 0 Å². The zero-order valence-corrected chi connectivity index (χ0v) is 12.2. The third kappa shape index (κ3) is 2.58. The van der Waals surface area contributed by atoms with E-state index in [1.807, 2.05) is 0 Å². The van der Waals surface area contributed by atoms with E-state index >= 15 is 0 Å². The first kappa shape index (κ1) is 12.6. The molecule has 0 aromatic carbocycles. The molecule has 0 spiro atoms. The van der Waals surface area contributed by atoms with Gasteiger partial charge in [-0.1, -0.05) is 0 Å². The summed E-state index contributed by atoms with van der Waals surface area (Å²) in [5, 5.41) is 3.50. The van der Waals surface area contributed by atoms with Gasteiger partial charge in [0.2, 0.25) is 0 Å². The second-order valence-electron chi connectivity index (χ2n) is 8.15. The van der Waals surface area contributed by atoms with Crippen molar-refractivity contribution in [3.05, 3.63) is 0 Å². The van der Waals surface area contributed by atoms with Gasteiger partial charge in [-0.05, 0) is 87.0 Å². The first-order valence-corrected chi connectivity index (χ1v) is 8.60. The van der Waals surface area contributed by atoms with Crippen molar-refractivity contribution in [3.63, 3.8) is 0 Å². The summed E-state index contributed by atoms with van der Waals surface area (Å²) in [5.74, 6) is 3.96. The summed E-state index contributed by atoms with van der Waals surface area (Å²) in [4.78, 5) is 0. The van der Waals surface area contributed by atoms with E-state index in [-0.39, 0.29) is 0 Å². The molecule has 5 rings (SSSR count). The normalized spacial score (nSPS) is 48.6. The minimum atomic E-state index is 0.608. The predicted molar refractivity (Wildman–Crippen MR) is 77.0 cm³/mol. The zero-order valence-electron chi connectivity index (χ0n) is 12.2. The Morgan fingerprint density at radius 2 is 1.68 bits per heavy atom. The molecule has 0 aromatic heterocycles. The smallest absolute Gasteiger partial charge is 0.0522 e. The molecule has 4 saturated carbocycles. The van der Waals surface area contributed by atoms with Gasteiger partial charge in [0.15, 0.2) is 0 Å². The summed E-state index contributed by atoms with van der Waals surface area (Å²) >= 11 is 0. The van der Waals surface area contributed by atoms with Gasteiger partial charge >= 0.3 is 0 Å². The Morgan fingerprint density at radius 3 is 2.26 bits per heavy atom. The first-order chi connectivity index (χ1) is 9.31. The summed E-state index contributed by atoms with van der Waals surface area (Å²) in [7, 11) is 0. The van der Waals surface area contributed by atoms with Gasteiger partial charge in [0.25, 0.3) is 0 Å². The van der Waals surface area contributed by atoms with Gasteiger partial charge in [-0.25, -0.2) is 0 Å². The monoisotopic (exact) mass is 263 g/mol. The van der Waals surface area contributed by atoms with Crippen molar-refractivity contribution in [2.24, 2.45) is 29.1 Å². The van der Waals surface area contributed by atoms with Crippen LogP contribution in [0.4, 0.5) is 0 Å². The third-order valence-electron chi connectivity index (χ3n) is 6.33. The summed E-state index contributed by atoms with van der Waals surface area (Å²) in [6.45, 7) is 4.48. The van der Waals surface area contributed by atoms with Crippen molar-refractivity contribution in [2.75, 3.05) is 26.3 Å². The molecule has 2 nitrogen and oxygen atoms in total. The molecule has 0 amide bonds. The maximum absolute atomic E-state index is 6.22. The Hall–Kier alpha value is -0.0800. The molecule has 1 aliphatic heterocycles. The molecule has 0 aromatic rings. The molecule has 1 N–H and O–H groups in total. The fourth-order valence-corrected chi connectivity index (χ4v) is 5.98. The highest BCUT2D eigenvalue weighted by Gasteiger charge is 2.50. The lowest BCUT2D eigenvalue weighted by molar-refractivity contribution is -0.101. The van der Waals surface area contributed by atoms with Crippen LogP contribution in [0.5, 0.6) is 0 Å². The van der Waals surface area contributed by atoms with E-state index in [9.17, 15) is 0 Å². The Kier molecular flexibility index (Phi) is 3.35. The SMILES string of the molecule is C1CNCC(COCC23CC4CC(CC(C4)C2)C3)C1. The second-order valence-corrected chi connectivity index (χ2v) is 8.15. The molecule has 19 heavy (non-hydrogen) atoms. The highest BCUT2D eigenvalue weighted by Crippen LogP contribution is 2.60. The van der Waals surface area contributed by atoms with Gasteiger partial charge in [-0.3, -0.25) is 0 Å². The largest absolute Gasteiger partial charge is 0.381 e. The van der Waals surface area contributed by atoms with Crippen molar-refractivity contribution in [1.29, 1.82) is 0 Å². The van der Waals surface area contributed by atoms with Crippen LogP contribution in [-0.2, 0) is 4.74 Å². The average molecular weight is 263 g/mol. The summed E-state index contributed by atoms with van der Waals surface area (Å²) in [5.41, 5.74) is 0.608. The molecule has 1 unspecified atom stereocenters. The molecule has 5 fully saturated rings. The molecule has 2 heteroatoms. The van der Waals surface area contributed by atoms with Gasteiger partial charge in [0.1, 0.15) is 0 Å². The van der Waals surface area contributed by atoms with Crippen molar-refractivity contribution in [3.8, 4) is 0 Å². The molecule has 1 saturated heterocycles. The van der Waals surface area contributed by atoms with E-state index in [1.54, 1.807) is 19.3 Å². The average Bonchev–Trinajstić information content (AvgIpc) is 2.38. The lowest BCUT2D eigenvalue weighted by atomic mass is 9.50. The molecule has 5 aliphatic rings. The highest BCUT2D eigenvalue weighted by atomic mass is 16.5. The van der Waals surface area contributed by atoms with Gasteiger partial charge < -0.3 is 10.1 Å². The molecule has 4 bridgehead atoms. The number of nitrogens with one attached hydrogen (secondary N) is 1. The van der Waals surface area contributed by atoms with Crippen LogP contribution in [0.15, 0.2) is 0 Å². The predicted octanol–water partition coefficient (Wildman–Crippen LogP) is 3.22. The van der Waals surface area contributed by atoms with E-state index in [2.05, 4.69) is 5.32 Å². The summed E-state index contributed by atoms with van der Waals surface area (Å²) in [6, 6.07) is 0. The van der Waals surface area contributed by atoms with Gasteiger partial charge in [0.05, 0.1) is 13.2 Å². The topological polar surface area (TPSA) is 21.3 Å². The maximum Gasteiger partial charge on any atom is 0.0522 e. The lowest BCUT2D eigenvalue weighted by Gasteiger charge is -2.56. The fourth-order valence-electron chi connectivity index (χ4n) is 5.98. The Labute approximate surface area is 117 Å².